The maximum absolute atomic E-state index is 11.7. The quantitative estimate of drug-likeness (QED) is 0.0851. The number of likely N-dealkylation sites (N-methyl/N-ethyl adjacent to an activating group) is 1. The van der Waals surface area contributed by atoms with Gasteiger partial charge in [-0.2, -0.15) is 0 Å². The molecule has 17 heteroatoms. The Bertz CT molecular complexity index is 836. The number of aliphatic hydroxyl groups is 8. The van der Waals surface area contributed by atoms with E-state index in [0.29, 0.717) is 6.42 Å². The van der Waals surface area contributed by atoms with E-state index in [1.54, 1.807) is 7.05 Å². The van der Waals surface area contributed by atoms with Gasteiger partial charge < -0.3 is 88.2 Å². The fraction of sp³-hybridized carbons (Fsp3) is 1.00. The minimum atomic E-state index is -1.63. The molecular weight excluding hydrogens is 572 g/mol. The van der Waals surface area contributed by atoms with Crippen molar-refractivity contribution in [1.29, 1.82) is 0 Å². The van der Waals surface area contributed by atoms with Crippen LogP contribution in [0.5, 0.6) is 0 Å². The first-order valence-corrected chi connectivity index (χ1v) is 15.0. The monoisotopic (exact) mass is 626 g/mol. The summed E-state index contributed by atoms with van der Waals surface area (Å²) < 4.78 is 17.9. The summed E-state index contributed by atoms with van der Waals surface area (Å²) in [6, 6.07) is -2.31. The van der Waals surface area contributed by atoms with Gasteiger partial charge in [-0.05, 0) is 33.4 Å². The van der Waals surface area contributed by atoms with Gasteiger partial charge in [0.2, 0.25) is 0 Å². The Balaban J connectivity index is 1.82. The SMILES string of the molecule is CNC1[C@@H](O)[C@@H](O[C@H]2[C@H](NCC(O)CN)C[C@H](N)C([C@H]3O[C@H](CNCC(O)CCN)[C@@H](O)[C@H](O)[C@H]3O)[C@@H]2O)OC[C@]1(C)O. The largest absolute Gasteiger partial charge is 0.392 e. The van der Waals surface area contributed by atoms with Gasteiger partial charge in [0.1, 0.15) is 36.1 Å². The second kappa shape index (κ2) is 16.2. The summed E-state index contributed by atoms with van der Waals surface area (Å²) in [7, 11) is 1.57. The maximum Gasteiger partial charge on any atom is 0.185 e. The van der Waals surface area contributed by atoms with Crippen LogP contribution in [0.3, 0.4) is 0 Å². The normalized spacial score (nSPS) is 45.6. The van der Waals surface area contributed by atoms with Crippen molar-refractivity contribution >= 4 is 0 Å². The average molecular weight is 627 g/mol. The fourth-order valence-electron chi connectivity index (χ4n) is 6.35. The lowest BCUT2D eigenvalue weighted by molar-refractivity contribution is -0.303. The maximum atomic E-state index is 11.7. The molecule has 2 heterocycles. The van der Waals surface area contributed by atoms with E-state index in [4.69, 9.17) is 31.4 Å². The van der Waals surface area contributed by atoms with Crippen LogP contribution < -0.4 is 33.2 Å². The molecule has 0 spiro atoms. The molecule has 3 aliphatic rings. The van der Waals surface area contributed by atoms with Crippen molar-refractivity contribution in [2.24, 2.45) is 23.1 Å². The minimum Gasteiger partial charge on any atom is -0.392 e. The van der Waals surface area contributed by atoms with Crippen molar-refractivity contribution in [2.75, 3.05) is 46.4 Å². The molecule has 16 atom stereocenters. The van der Waals surface area contributed by atoms with E-state index in [9.17, 15) is 40.9 Å². The molecule has 1 saturated carbocycles. The van der Waals surface area contributed by atoms with E-state index in [1.807, 2.05) is 0 Å². The van der Waals surface area contributed by atoms with Crippen LogP contribution in [0.25, 0.3) is 0 Å². The van der Waals surface area contributed by atoms with Gasteiger partial charge in [-0.1, -0.05) is 0 Å². The minimum absolute atomic E-state index is 0.00958. The molecule has 0 radical (unpaired) electrons. The Morgan fingerprint density at radius 3 is 2.30 bits per heavy atom. The summed E-state index contributed by atoms with van der Waals surface area (Å²) in [6.07, 6.45) is -13.3. The Kier molecular flexibility index (Phi) is 13.9. The van der Waals surface area contributed by atoms with Gasteiger partial charge in [-0.25, -0.2) is 0 Å². The molecule has 254 valence electrons. The van der Waals surface area contributed by atoms with E-state index in [-0.39, 0.29) is 45.8 Å². The van der Waals surface area contributed by atoms with Gasteiger partial charge in [0.15, 0.2) is 6.29 Å². The first-order valence-electron chi connectivity index (χ1n) is 15.0. The molecule has 3 fully saturated rings. The lowest BCUT2D eigenvalue weighted by Crippen LogP contribution is -2.71. The van der Waals surface area contributed by atoms with Crippen LogP contribution in [0, 0.1) is 5.92 Å². The third kappa shape index (κ3) is 8.78. The molecule has 0 aromatic rings. The first kappa shape index (κ1) is 36.8. The van der Waals surface area contributed by atoms with Crippen LogP contribution >= 0.6 is 0 Å². The van der Waals surface area contributed by atoms with E-state index in [2.05, 4.69) is 16.0 Å². The molecule has 17 N–H and O–H groups in total. The van der Waals surface area contributed by atoms with E-state index in [1.165, 1.54) is 6.92 Å². The molecule has 0 aromatic carbocycles. The number of hydrogen-bond donors (Lipinski definition) is 14. The number of nitrogens with two attached hydrogens (primary N) is 3. The van der Waals surface area contributed by atoms with Crippen molar-refractivity contribution in [1.82, 2.24) is 16.0 Å². The molecule has 43 heavy (non-hydrogen) atoms. The number of hydrogen-bond acceptors (Lipinski definition) is 17. The van der Waals surface area contributed by atoms with E-state index in [0.717, 1.165) is 0 Å². The van der Waals surface area contributed by atoms with Gasteiger partial charge >= 0.3 is 0 Å². The second-order valence-electron chi connectivity index (χ2n) is 12.3. The molecule has 17 nitrogen and oxygen atoms in total. The average Bonchev–Trinajstić information content (AvgIpc) is 2.95. The van der Waals surface area contributed by atoms with Crippen molar-refractivity contribution in [3.05, 3.63) is 0 Å². The van der Waals surface area contributed by atoms with Gasteiger partial charge in [-0.15, -0.1) is 0 Å². The highest BCUT2D eigenvalue weighted by atomic mass is 16.7. The van der Waals surface area contributed by atoms with Crippen molar-refractivity contribution in [3.63, 3.8) is 0 Å². The number of aliphatic hydroxyl groups excluding tert-OH is 7. The third-order valence-electron chi connectivity index (χ3n) is 8.82. The van der Waals surface area contributed by atoms with Crippen LogP contribution in [-0.4, -0.2) is 178 Å². The molecule has 1 aliphatic carbocycles. The molecule has 4 unspecified atom stereocenters. The standard InChI is InChI=1S/C26H54N6O11/c1-26(40)10-41-25(21(39)24(26)30-2)43-22-14(32-8-12(34)6-28)5-13(29)16(18(22)36)23-20(38)19(37)17(35)15(42-23)9-31-7-11(33)3-4-27/h11-25,30-40H,3-10,27-29H2,1-2H3/t11?,12?,13-,14+,15+,16?,17+,18-,19-,20+,21+,22-,23+,24?,25+,26-/m0/s1. The summed E-state index contributed by atoms with van der Waals surface area (Å²) in [5.74, 6) is -1.02. The van der Waals surface area contributed by atoms with Crippen LogP contribution in [0.1, 0.15) is 19.8 Å². The summed E-state index contributed by atoms with van der Waals surface area (Å²) in [6.45, 7) is 1.80. The summed E-state index contributed by atoms with van der Waals surface area (Å²) in [5, 5.41) is 94.5. The third-order valence-corrected chi connectivity index (χ3v) is 8.82. The van der Waals surface area contributed by atoms with Crippen LogP contribution in [0.2, 0.25) is 0 Å². The van der Waals surface area contributed by atoms with Crippen LogP contribution in [-0.2, 0) is 14.2 Å². The second-order valence-corrected chi connectivity index (χ2v) is 12.3. The predicted octanol–water partition coefficient (Wildman–Crippen LogP) is -7.44. The van der Waals surface area contributed by atoms with Crippen LogP contribution in [0.15, 0.2) is 0 Å². The van der Waals surface area contributed by atoms with E-state index >= 15 is 0 Å². The lowest BCUT2D eigenvalue weighted by Gasteiger charge is -2.52. The molecule has 0 amide bonds. The fourth-order valence-corrected chi connectivity index (χ4v) is 6.35. The van der Waals surface area contributed by atoms with Crippen molar-refractivity contribution in [3.8, 4) is 0 Å². The molecule has 2 aliphatic heterocycles. The van der Waals surface area contributed by atoms with Gasteiger partial charge in [0.25, 0.3) is 0 Å². The molecule has 3 rings (SSSR count). The predicted molar refractivity (Wildman–Crippen MR) is 152 cm³/mol. The summed E-state index contributed by atoms with van der Waals surface area (Å²) >= 11 is 0. The molecule has 0 bridgehead atoms. The zero-order valence-electron chi connectivity index (χ0n) is 24.9. The Morgan fingerprint density at radius 2 is 1.67 bits per heavy atom. The molecular formula is C26H54N6O11. The summed E-state index contributed by atoms with van der Waals surface area (Å²) in [5.41, 5.74) is 16.1. The molecule has 2 saturated heterocycles. The van der Waals surface area contributed by atoms with Gasteiger partial charge in [-0.3, -0.25) is 0 Å². The van der Waals surface area contributed by atoms with Crippen molar-refractivity contribution in [2.45, 2.75) is 111 Å². The zero-order valence-corrected chi connectivity index (χ0v) is 24.9. The van der Waals surface area contributed by atoms with Gasteiger partial charge in [0, 0.05) is 44.2 Å². The smallest absolute Gasteiger partial charge is 0.185 e. The number of nitrogens with one attached hydrogen (secondary N) is 3. The summed E-state index contributed by atoms with van der Waals surface area (Å²) in [4.78, 5) is 0. The highest BCUT2D eigenvalue weighted by Gasteiger charge is 2.55. The van der Waals surface area contributed by atoms with Gasteiger partial charge in [0.05, 0.1) is 43.2 Å². The lowest BCUT2D eigenvalue weighted by atomic mass is 9.72. The Hall–Kier alpha value is -0.680. The number of ether oxygens (including phenoxy) is 3. The molecule has 0 aromatic heterocycles. The van der Waals surface area contributed by atoms with Crippen LogP contribution in [0.4, 0.5) is 0 Å². The Morgan fingerprint density at radius 1 is 0.977 bits per heavy atom. The first-order chi connectivity index (χ1) is 20.3. The zero-order chi connectivity index (χ0) is 32.1. The van der Waals surface area contributed by atoms with E-state index < -0.39 is 97.0 Å². The topological polar surface area (TPSA) is 304 Å². The highest BCUT2D eigenvalue weighted by molar-refractivity contribution is 5.07. The van der Waals surface area contributed by atoms with Crippen molar-refractivity contribution < 1.29 is 55.1 Å². The number of rotatable bonds is 14. The highest BCUT2D eigenvalue weighted by Crippen LogP contribution is 2.37. The Labute approximate surface area is 251 Å².